The molecule has 0 N–H and O–H groups in total. The number of carbonyl (C=O) groups is 1. The molecule has 0 aliphatic heterocycles. The van der Waals surface area contributed by atoms with E-state index >= 15 is 0 Å². The second kappa shape index (κ2) is 8.60. The van der Waals surface area contributed by atoms with Gasteiger partial charge in [0.2, 0.25) is 0 Å². The first-order valence-electron chi connectivity index (χ1n) is 10.2. The van der Waals surface area contributed by atoms with Crippen LogP contribution in [0.5, 0.6) is 0 Å². The average Bonchev–Trinajstić information content (AvgIpc) is 2.72. The number of hydrogen-bond donors (Lipinski definition) is 0. The lowest BCUT2D eigenvalue weighted by Gasteiger charge is -2.15. The standard InChI is InChI=1S/C27H23ClFNO/c1-16-8-9-19(25(29)10-16)13-21(31)14-20-15-30-26-12-18(3)17(2)11-23(26)27(20)22-6-4-5-7-24(22)28/h4-12,15H,13-14H2,1-3H3. The van der Waals surface area contributed by atoms with Crippen LogP contribution in [0.25, 0.3) is 22.0 Å². The zero-order valence-corrected chi connectivity index (χ0v) is 18.6. The molecule has 0 atom stereocenters. The zero-order valence-electron chi connectivity index (χ0n) is 17.8. The van der Waals surface area contributed by atoms with Gasteiger partial charge in [0.05, 0.1) is 5.52 Å². The van der Waals surface area contributed by atoms with Crippen molar-refractivity contribution in [3.05, 3.63) is 99.5 Å². The molecule has 0 aliphatic carbocycles. The quantitative estimate of drug-likeness (QED) is 0.341. The summed E-state index contributed by atoms with van der Waals surface area (Å²) in [4.78, 5) is 17.5. The minimum Gasteiger partial charge on any atom is -0.299 e. The monoisotopic (exact) mass is 431 g/mol. The number of aryl methyl sites for hydroxylation is 3. The summed E-state index contributed by atoms with van der Waals surface area (Å²) in [6, 6.07) is 16.7. The van der Waals surface area contributed by atoms with Crippen LogP contribution in [0.4, 0.5) is 4.39 Å². The van der Waals surface area contributed by atoms with Crippen LogP contribution in [-0.2, 0) is 17.6 Å². The number of pyridine rings is 1. The van der Waals surface area contributed by atoms with E-state index in [2.05, 4.69) is 31.0 Å². The Morgan fingerprint density at radius 2 is 1.65 bits per heavy atom. The number of fused-ring (bicyclic) bond motifs is 1. The van der Waals surface area contributed by atoms with Gasteiger partial charge in [-0.15, -0.1) is 0 Å². The smallest absolute Gasteiger partial charge is 0.141 e. The Balaban J connectivity index is 1.80. The summed E-state index contributed by atoms with van der Waals surface area (Å²) in [6.45, 7) is 5.94. The van der Waals surface area contributed by atoms with Crippen molar-refractivity contribution < 1.29 is 9.18 Å². The number of benzene rings is 3. The molecule has 156 valence electrons. The number of hydrogen-bond acceptors (Lipinski definition) is 2. The van der Waals surface area contributed by atoms with Gasteiger partial charge in [-0.3, -0.25) is 9.78 Å². The molecule has 0 fully saturated rings. The third-order valence-electron chi connectivity index (χ3n) is 5.69. The highest BCUT2D eigenvalue weighted by Gasteiger charge is 2.18. The summed E-state index contributed by atoms with van der Waals surface area (Å²) in [7, 11) is 0. The van der Waals surface area contributed by atoms with Crippen molar-refractivity contribution in [1.29, 1.82) is 0 Å². The lowest BCUT2D eigenvalue weighted by molar-refractivity contribution is -0.117. The molecular formula is C27H23ClFNO. The molecule has 1 aromatic heterocycles. The maximum Gasteiger partial charge on any atom is 0.141 e. The molecule has 3 aromatic carbocycles. The predicted octanol–water partition coefficient (Wildman–Crippen LogP) is 6.97. The molecule has 2 nitrogen and oxygen atoms in total. The Hall–Kier alpha value is -3.04. The summed E-state index contributed by atoms with van der Waals surface area (Å²) in [5, 5.41) is 1.58. The molecular weight excluding hydrogens is 409 g/mol. The highest BCUT2D eigenvalue weighted by atomic mass is 35.5. The first-order chi connectivity index (χ1) is 14.8. The van der Waals surface area contributed by atoms with Crippen LogP contribution in [0.15, 0.2) is 60.8 Å². The van der Waals surface area contributed by atoms with E-state index in [9.17, 15) is 9.18 Å². The van der Waals surface area contributed by atoms with Gasteiger partial charge < -0.3 is 0 Å². The fraction of sp³-hybridized carbons (Fsp3) is 0.185. The van der Waals surface area contributed by atoms with Gasteiger partial charge in [0, 0.05) is 35.0 Å². The molecule has 0 amide bonds. The van der Waals surface area contributed by atoms with Crippen molar-refractivity contribution in [2.45, 2.75) is 33.6 Å². The molecule has 31 heavy (non-hydrogen) atoms. The van der Waals surface area contributed by atoms with E-state index in [0.717, 1.165) is 44.3 Å². The highest BCUT2D eigenvalue weighted by molar-refractivity contribution is 6.33. The van der Waals surface area contributed by atoms with E-state index in [1.165, 1.54) is 6.07 Å². The molecule has 0 saturated heterocycles. The van der Waals surface area contributed by atoms with Gasteiger partial charge in [0.15, 0.2) is 0 Å². The van der Waals surface area contributed by atoms with Crippen LogP contribution in [0.3, 0.4) is 0 Å². The predicted molar refractivity (Wildman–Crippen MR) is 125 cm³/mol. The fourth-order valence-electron chi connectivity index (χ4n) is 3.89. The number of carbonyl (C=O) groups excluding carboxylic acids is 1. The SMILES string of the molecule is Cc1ccc(CC(=O)Cc2cnc3cc(C)c(C)cc3c2-c2ccccc2Cl)c(F)c1. The van der Waals surface area contributed by atoms with Crippen molar-refractivity contribution in [3.63, 3.8) is 0 Å². The van der Waals surface area contributed by atoms with Crippen LogP contribution in [-0.4, -0.2) is 10.8 Å². The fourth-order valence-corrected chi connectivity index (χ4v) is 4.12. The Morgan fingerprint density at radius 3 is 2.39 bits per heavy atom. The van der Waals surface area contributed by atoms with E-state index in [1.54, 1.807) is 12.3 Å². The van der Waals surface area contributed by atoms with Crippen molar-refractivity contribution in [1.82, 2.24) is 4.98 Å². The maximum absolute atomic E-state index is 14.3. The first kappa shape index (κ1) is 21.2. The molecule has 0 radical (unpaired) electrons. The second-order valence-corrected chi connectivity index (χ2v) is 8.49. The molecule has 0 aliphatic rings. The van der Waals surface area contributed by atoms with E-state index in [-0.39, 0.29) is 24.4 Å². The number of aromatic nitrogens is 1. The van der Waals surface area contributed by atoms with Crippen molar-refractivity contribution in [3.8, 4) is 11.1 Å². The average molecular weight is 432 g/mol. The van der Waals surface area contributed by atoms with Crippen molar-refractivity contribution in [2.24, 2.45) is 0 Å². The molecule has 0 unspecified atom stereocenters. The summed E-state index contributed by atoms with van der Waals surface area (Å²) < 4.78 is 14.3. The minimum absolute atomic E-state index is 0.0407. The normalized spacial score (nSPS) is 11.1. The molecule has 4 heteroatoms. The highest BCUT2D eigenvalue weighted by Crippen LogP contribution is 2.37. The van der Waals surface area contributed by atoms with Crippen LogP contribution in [0.2, 0.25) is 5.02 Å². The first-order valence-corrected chi connectivity index (χ1v) is 10.6. The van der Waals surface area contributed by atoms with Crippen molar-refractivity contribution >= 4 is 28.3 Å². The van der Waals surface area contributed by atoms with Gasteiger partial charge in [-0.25, -0.2) is 4.39 Å². The van der Waals surface area contributed by atoms with Gasteiger partial charge in [-0.2, -0.15) is 0 Å². The Kier molecular flexibility index (Phi) is 5.88. The lowest BCUT2D eigenvalue weighted by Crippen LogP contribution is -2.10. The van der Waals surface area contributed by atoms with E-state index in [4.69, 9.17) is 11.6 Å². The number of rotatable bonds is 5. The van der Waals surface area contributed by atoms with Gasteiger partial charge in [-0.1, -0.05) is 41.9 Å². The molecule has 4 aromatic rings. The van der Waals surface area contributed by atoms with Gasteiger partial charge >= 0.3 is 0 Å². The van der Waals surface area contributed by atoms with E-state index < -0.39 is 0 Å². The van der Waals surface area contributed by atoms with Gasteiger partial charge in [-0.05, 0) is 78.4 Å². The van der Waals surface area contributed by atoms with Gasteiger partial charge in [0.25, 0.3) is 0 Å². The zero-order chi connectivity index (χ0) is 22.1. The Morgan fingerprint density at radius 1 is 0.935 bits per heavy atom. The third-order valence-corrected chi connectivity index (χ3v) is 6.02. The second-order valence-electron chi connectivity index (χ2n) is 8.08. The van der Waals surface area contributed by atoms with E-state index in [0.29, 0.717) is 10.6 Å². The van der Waals surface area contributed by atoms with Crippen LogP contribution in [0.1, 0.15) is 27.8 Å². The summed E-state index contributed by atoms with van der Waals surface area (Å²) in [5.74, 6) is -0.413. The molecule has 1 heterocycles. The maximum atomic E-state index is 14.3. The van der Waals surface area contributed by atoms with Gasteiger partial charge in [0.1, 0.15) is 11.6 Å². The summed E-state index contributed by atoms with van der Waals surface area (Å²) in [5.41, 5.74) is 6.98. The molecule has 4 rings (SSSR count). The number of nitrogens with zero attached hydrogens (tertiary/aromatic N) is 1. The number of halogens is 2. The molecule has 0 spiro atoms. The molecule has 0 bridgehead atoms. The van der Waals surface area contributed by atoms with E-state index in [1.807, 2.05) is 37.3 Å². The molecule has 0 saturated carbocycles. The van der Waals surface area contributed by atoms with Crippen LogP contribution in [0, 0.1) is 26.6 Å². The topological polar surface area (TPSA) is 30.0 Å². The van der Waals surface area contributed by atoms with Crippen molar-refractivity contribution in [2.75, 3.05) is 0 Å². The number of ketones is 1. The number of Topliss-reactive ketones (excluding diaryl/α,β-unsaturated/α-hetero) is 1. The third kappa shape index (κ3) is 4.38. The Bertz CT molecular complexity index is 1310. The lowest BCUT2D eigenvalue weighted by atomic mass is 9.91. The summed E-state index contributed by atoms with van der Waals surface area (Å²) >= 11 is 6.55. The minimum atomic E-state index is -0.345. The summed E-state index contributed by atoms with van der Waals surface area (Å²) in [6.07, 6.45) is 1.95. The Labute approximate surface area is 186 Å². The largest absolute Gasteiger partial charge is 0.299 e. The van der Waals surface area contributed by atoms with Crippen LogP contribution >= 0.6 is 11.6 Å². The van der Waals surface area contributed by atoms with Crippen LogP contribution < -0.4 is 0 Å².